The molecule has 0 spiro atoms. The van der Waals surface area contributed by atoms with E-state index in [0.717, 1.165) is 28.1 Å². The molecule has 0 bridgehead atoms. The van der Waals surface area contributed by atoms with Gasteiger partial charge in [-0.05, 0) is 44.0 Å². The Kier molecular flexibility index (Phi) is 5.21. The second-order valence-electron chi connectivity index (χ2n) is 5.36. The van der Waals surface area contributed by atoms with Gasteiger partial charge in [0.1, 0.15) is 17.4 Å². The van der Waals surface area contributed by atoms with E-state index in [1.807, 2.05) is 45.0 Å². The number of hydrogen-bond acceptors (Lipinski definition) is 4. The zero-order chi connectivity index (χ0) is 16.8. The van der Waals surface area contributed by atoms with Crippen LogP contribution in [0, 0.1) is 32.1 Å². The minimum atomic E-state index is -0.436. The number of benzene rings is 1. The first kappa shape index (κ1) is 16.4. The molecule has 0 saturated carbocycles. The Bertz CT molecular complexity index is 745. The van der Waals surface area contributed by atoms with Gasteiger partial charge in [0, 0.05) is 11.9 Å². The molecule has 2 N–H and O–H groups in total. The fraction of sp³-hybridized carbons (Fsp3) is 0.222. The Morgan fingerprint density at radius 3 is 2.57 bits per heavy atom. The van der Waals surface area contributed by atoms with Gasteiger partial charge in [-0.25, -0.2) is 0 Å². The molecule has 0 unspecified atom stereocenters. The molecule has 0 fully saturated rings. The van der Waals surface area contributed by atoms with Crippen LogP contribution in [0.5, 0.6) is 0 Å². The Balaban J connectivity index is 2.07. The maximum Gasteiger partial charge on any atom is 0.267 e. The van der Waals surface area contributed by atoms with E-state index in [4.69, 9.17) is 4.42 Å². The summed E-state index contributed by atoms with van der Waals surface area (Å²) in [6.07, 6.45) is 2.97. The normalized spacial score (nSPS) is 11.0. The second kappa shape index (κ2) is 7.32. The standard InChI is InChI=1S/C18H19N3O2/c1-12-7-13(2)17(14(3)8-12)21-18(22)15(9-19)10-20-11-16-5-4-6-23-16/h4-8,10,20H,11H2,1-3H3,(H,21,22)/b15-10-. The Labute approximate surface area is 135 Å². The van der Waals surface area contributed by atoms with E-state index < -0.39 is 5.91 Å². The van der Waals surface area contributed by atoms with E-state index in [1.54, 1.807) is 12.3 Å². The SMILES string of the molecule is Cc1cc(C)c(NC(=O)/C(C#N)=C\NCc2ccco2)c(C)c1. The van der Waals surface area contributed by atoms with Crippen LogP contribution in [0.4, 0.5) is 5.69 Å². The molecule has 23 heavy (non-hydrogen) atoms. The average Bonchev–Trinajstić information content (AvgIpc) is 3.00. The number of amides is 1. The third-order valence-electron chi connectivity index (χ3n) is 3.38. The molecule has 0 saturated heterocycles. The van der Waals surface area contributed by atoms with Gasteiger partial charge in [-0.1, -0.05) is 17.7 Å². The molecule has 2 rings (SSSR count). The third kappa shape index (κ3) is 4.24. The summed E-state index contributed by atoms with van der Waals surface area (Å²) in [5.74, 6) is 0.290. The summed E-state index contributed by atoms with van der Waals surface area (Å²) >= 11 is 0. The summed E-state index contributed by atoms with van der Waals surface area (Å²) in [7, 11) is 0. The fourth-order valence-corrected chi connectivity index (χ4v) is 2.37. The maximum absolute atomic E-state index is 12.3. The number of carbonyl (C=O) groups excluding carboxylic acids is 1. The summed E-state index contributed by atoms with van der Waals surface area (Å²) in [6, 6.07) is 9.49. The summed E-state index contributed by atoms with van der Waals surface area (Å²) in [5.41, 5.74) is 3.83. The van der Waals surface area contributed by atoms with Crippen molar-refractivity contribution in [2.24, 2.45) is 0 Å². The van der Waals surface area contributed by atoms with Crippen LogP contribution in [-0.4, -0.2) is 5.91 Å². The molecule has 0 aliphatic heterocycles. The van der Waals surface area contributed by atoms with Crippen molar-refractivity contribution < 1.29 is 9.21 Å². The Hall–Kier alpha value is -3.00. The summed E-state index contributed by atoms with van der Waals surface area (Å²) in [4.78, 5) is 12.3. The third-order valence-corrected chi connectivity index (χ3v) is 3.38. The van der Waals surface area contributed by atoms with Crippen molar-refractivity contribution in [1.29, 1.82) is 5.26 Å². The number of nitrogens with one attached hydrogen (secondary N) is 2. The first-order valence-corrected chi connectivity index (χ1v) is 7.26. The summed E-state index contributed by atoms with van der Waals surface area (Å²) in [6.45, 7) is 6.28. The van der Waals surface area contributed by atoms with Crippen LogP contribution in [0.2, 0.25) is 0 Å². The molecule has 0 radical (unpaired) electrons. The lowest BCUT2D eigenvalue weighted by atomic mass is 10.0. The quantitative estimate of drug-likeness (QED) is 0.656. The molecule has 1 aromatic heterocycles. The van der Waals surface area contributed by atoms with Crippen molar-refractivity contribution in [3.05, 3.63) is 64.8 Å². The van der Waals surface area contributed by atoms with Crippen molar-refractivity contribution in [2.45, 2.75) is 27.3 Å². The van der Waals surface area contributed by atoms with Crippen molar-refractivity contribution in [3.63, 3.8) is 0 Å². The monoisotopic (exact) mass is 309 g/mol. The molecular weight excluding hydrogens is 290 g/mol. The lowest BCUT2D eigenvalue weighted by molar-refractivity contribution is -0.112. The van der Waals surface area contributed by atoms with Gasteiger partial charge in [0.15, 0.2) is 0 Å². The zero-order valence-corrected chi connectivity index (χ0v) is 13.4. The van der Waals surface area contributed by atoms with E-state index in [-0.39, 0.29) is 5.57 Å². The smallest absolute Gasteiger partial charge is 0.267 e. The average molecular weight is 309 g/mol. The van der Waals surface area contributed by atoms with Crippen molar-refractivity contribution in [3.8, 4) is 6.07 Å². The van der Waals surface area contributed by atoms with Crippen molar-refractivity contribution >= 4 is 11.6 Å². The minimum absolute atomic E-state index is 0.0101. The van der Waals surface area contributed by atoms with Crippen LogP contribution in [0.15, 0.2) is 46.7 Å². The molecule has 0 atom stereocenters. The topological polar surface area (TPSA) is 78.1 Å². The highest BCUT2D eigenvalue weighted by Crippen LogP contribution is 2.22. The minimum Gasteiger partial charge on any atom is -0.467 e. The lowest BCUT2D eigenvalue weighted by Crippen LogP contribution is -2.18. The highest BCUT2D eigenvalue weighted by atomic mass is 16.3. The molecule has 1 aromatic carbocycles. The molecule has 0 aliphatic rings. The Morgan fingerprint density at radius 1 is 1.30 bits per heavy atom. The van der Waals surface area contributed by atoms with Crippen LogP contribution in [0.25, 0.3) is 0 Å². The number of carbonyl (C=O) groups is 1. The van der Waals surface area contributed by atoms with Crippen LogP contribution >= 0.6 is 0 Å². The lowest BCUT2D eigenvalue weighted by Gasteiger charge is -2.12. The molecular formula is C18H19N3O2. The molecule has 118 valence electrons. The van der Waals surface area contributed by atoms with Gasteiger partial charge in [-0.15, -0.1) is 0 Å². The van der Waals surface area contributed by atoms with E-state index in [1.165, 1.54) is 6.20 Å². The van der Waals surface area contributed by atoms with Crippen LogP contribution < -0.4 is 10.6 Å². The van der Waals surface area contributed by atoms with Gasteiger partial charge < -0.3 is 15.1 Å². The van der Waals surface area contributed by atoms with E-state index >= 15 is 0 Å². The predicted molar refractivity (Wildman–Crippen MR) is 88.5 cm³/mol. The van der Waals surface area contributed by atoms with Crippen molar-refractivity contribution in [1.82, 2.24) is 5.32 Å². The van der Waals surface area contributed by atoms with E-state index in [9.17, 15) is 10.1 Å². The van der Waals surface area contributed by atoms with Gasteiger partial charge in [0.05, 0.1) is 12.8 Å². The van der Waals surface area contributed by atoms with E-state index in [0.29, 0.717) is 6.54 Å². The zero-order valence-electron chi connectivity index (χ0n) is 13.4. The number of hydrogen-bond donors (Lipinski definition) is 2. The van der Waals surface area contributed by atoms with Gasteiger partial charge in [-0.2, -0.15) is 5.26 Å². The molecule has 5 heteroatoms. The van der Waals surface area contributed by atoms with Gasteiger partial charge in [-0.3, -0.25) is 4.79 Å². The van der Waals surface area contributed by atoms with Gasteiger partial charge in [0.25, 0.3) is 5.91 Å². The number of aryl methyl sites for hydroxylation is 3. The van der Waals surface area contributed by atoms with Crippen LogP contribution in [0.1, 0.15) is 22.5 Å². The molecule has 0 aliphatic carbocycles. The Morgan fingerprint density at radius 2 is 2.00 bits per heavy atom. The number of furan rings is 1. The molecule has 1 heterocycles. The second-order valence-corrected chi connectivity index (χ2v) is 5.36. The first-order valence-electron chi connectivity index (χ1n) is 7.26. The molecule has 1 amide bonds. The largest absolute Gasteiger partial charge is 0.467 e. The number of nitriles is 1. The first-order chi connectivity index (χ1) is 11.0. The maximum atomic E-state index is 12.3. The fourth-order valence-electron chi connectivity index (χ4n) is 2.37. The summed E-state index contributed by atoms with van der Waals surface area (Å²) < 4.78 is 5.17. The van der Waals surface area contributed by atoms with Gasteiger partial charge in [0.2, 0.25) is 0 Å². The van der Waals surface area contributed by atoms with Crippen LogP contribution in [0.3, 0.4) is 0 Å². The highest BCUT2D eigenvalue weighted by Gasteiger charge is 2.12. The highest BCUT2D eigenvalue weighted by molar-refractivity contribution is 6.07. The van der Waals surface area contributed by atoms with Crippen LogP contribution in [-0.2, 0) is 11.3 Å². The number of rotatable bonds is 5. The van der Waals surface area contributed by atoms with E-state index in [2.05, 4.69) is 10.6 Å². The summed E-state index contributed by atoms with van der Waals surface area (Å²) in [5, 5.41) is 14.9. The number of anilines is 1. The molecule has 5 nitrogen and oxygen atoms in total. The number of nitrogens with zero attached hydrogens (tertiary/aromatic N) is 1. The van der Waals surface area contributed by atoms with Gasteiger partial charge >= 0.3 is 0 Å². The molecule has 2 aromatic rings. The van der Waals surface area contributed by atoms with Crippen molar-refractivity contribution in [2.75, 3.05) is 5.32 Å². The predicted octanol–water partition coefficient (Wildman–Crippen LogP) is 3.34.